The molecular formula is C11H25NOS. The van der Waals surface area contributed by atoms with Gasteiger partial charge in [-0.3, -0.25) is 0 Å². The first-order valence-corrected chi connectivity index (χ1v) is 7.08. The summed E-state index contributed by atoms with van der Waals surface area (Å²) in [6, 6.07) is 0. The first-order chi connectivity index (χ1) is 6.81. The van der Waals surface area contributed by atoms with Gasteiger partial charge in [-0.05, 0) is 37.8 Å². The lowest BCUT2D eigenvalue weighted by Crippen LogP contribution is -2.26. The average molecular weight is 219 g/mol. The predicted octanol–water partition coefficient (Wildman–Crippen LogP) is 2.27. The van der Waals surface area contributed by atoms with E-state index in [4.69, 9.17) is 0 Å². The minimum Gasteiger partial charge on any atom is -0.392 e. The highest BCUT2D eigenvalue weighted by Gasteiger charge is 1.98. The van der Waals surface area contributed by atoms with Gasteiger partial charge in [0.1, 0.15) is 0 Å². The van der Waals surface area contributed by atoms with Gasteiger partial charge < -0.3 is 10.4 Å². The molecule has 0 fully saturated rings. The fourth-order valence-electron chi connectivity index (χ4n) is 1.26. The van der Waals surface area contributed by atoms with Crippen LogP contribution in [-0.2, 0) is 0 Å². The van der Waals surface area contributed by atoms with Crippen LogP contribution in [0, 0.1) is 0 Å². The molecule has 1 atom stereocenters. The maximum atomic E-state index is 9.27. The Morgan fingerprint density at radius 3 is 2.57 bits per heavy atom. The van der Waals surface area contributed by atoms with E-state index >= 15 is 0 Å². The highest BCUT2D eigenvalue weighted by Crippen LogP contribution is 2.03. The van der Waals surface area contributed by atoms with E-state index in [-0.39, 0.29) is 6.10 Å². The van der Waals surface area contributed by atoms with Crippen LogP contribution in [0.1, 0.15) is 39.0 Å². The van der Waals surface area contributed by atoms with Crippen LogP contribution in [0.2, 0.25) is 0 Å². The molecule has 0 aromatic heterocycles. The first kappa shape index (κ1) is 14.3. The van der Waals surface area contributed by atoms with Gasteiger partial charge in [-0.1, -0.05) is 19.8 Å². The van der Waals surface area contributed by atoms with Gasteiger partial charge in [0.05, 0.1) is 6.10 Å². The third kappa shape index (κ3) is 10.4. The van der Waals surface area contributed by atoms with Crippen LogP contribution in [0.3, 0.4) is 0 Å². The summed E-state index contributed by atoms with van der Waals surface area (Å²) in [6.07, 6.45) is 8.10. The van der Waals surface area contributed by atoms with Crippen LogP contribution in [-0.4, -0.2) is 36.3 Å². The van der Waals surface area contributed by atoms with Gasteiger partial charge in [0, 0.05) is 6.54 Å². The molecule has 0 rings (SSSR count). The number of hydrogen-bond donors (Lipinski definition) is 2. The lowest BCUT2D eigenvalue weighted by molar-refractivity contribution is 0.167. The molecule has 0 saturated heterocycles. The Hall–Kier alpha value is 0.270. The summed E-state index contributed by atoms with van der Waals surface area (Å²) in [5, 5.41) is 12.5. The van der Waals surface area contributed by atoms with E-state index in [1.807, 2.05) is 18.7 Å². The van der Waals surface area contributed by atoms with E-state index < -0.39 is 0 Å². The summed E-state index contributed by atoms with van der Waals surface area (Å²) in [6.45, 7) is 3.81. The standard InChI is InChI=1S/C11H25NOS/c1-3-11(13)10-12-8-6-4-5-7-9-14-2/h11-13H,3-10H2,1-2H3. The van der Waals surface area contributed by atoms with Crippen molar-refractivity contribution < 1.29 is 5.11 Å². The molecule has 1 unspecified atom stereocenters. The van der Waals surface area contributed by atoms with E-state index in [1.165, 1.54) is 31.4 Å². The molecule has 86 valence electrons. The smallest absolute Gasteiger partial charge is 0.0662 e. The Morgan fingerprint density at radius 1 is 1.21 bits per heavy atom. The molecule has 0 aliphatic carbocycles. The van der Waals surface area contributed by atoms with Gasteiger partial charge in [-0.15, -0.1) is 0 Å². The molecule has 0 bridgehead atoms. The third-order valence-corrected chi connectivity index (χ3v) is 3.00. The summed E-state index contributed by atoms with van der Waals surface area (Å²) in [5.41, 5.74) is 0. The fraction of sp³-hybridized carbons (Fsp3) is 1.00. The summed E-state index contributed by atoms with van der Waals surface area (Å²) in [7, 11) is 0. The van der Waals surface area contributed by atoms with Crippen molar-refractivity contribution in [3.8, 4) is 0 Å². The van der Waals surface area contributed by atoms with Crippen molar-refractivity contribution in [2.45, 2.75) is 45.1 Å². The van der Waals surface area contributed by atoms with Crippen LogP contribution in [0.15, 0.2) is 0 Å². The van der Waals surface area contributed by atoms with Gasteiger partial charge in [-0.2, -0.15) is 11.8 Å². The Labute approximate surface area is 92.9 Å². The average Bonchev–Trinajstić information content (AvgIpc) is 2.21. The molecular weight excluding hydrogens is 194 g/mol. The molecule has 2 nitrogen and oxygen atoms in total. The SMILES string of the molecule is CCC(O)CNCCCCCCSC. The second-order valence-corrected chi connectivity index (χ2v) is 4.66. The Kier molecular flexibility index (Phi) is 11.6. The summed E-state index contributed by atoms with van der Waals surface area (Å²) < 4.78 is 0. The van der Waals surface area contributed by atoms with E-state index in [9.17, 15) is 5.11 Å². The zero-order valence-corrected chi connectivity index (χ0v) is 10.4. The van der Waals surface area contributed by atoms with E-state index in [2.05, 4.69) is 11.6 Å². The van der Waals surface area contributed by atoms with Crippen molar-refractivity contribution >= 4 is 11.8 Å². The normalized spacial score (nSPS) is 13.1. The summed E-state index contributed by atoms with van der Waals surface area (Å²) >= 11 is 1.93. The highest BCUT2D eigenvalue weighted by atomic mass is 32.2. The molecule has 0 aromatic rings. The van der Waals surface area contributed by atoms with E-state index in [0.29, 0.717) is 0 Å². The van der Waals surface area contributed by atoms with Gasteiger partial charge in [0.2, 0.25) is 0 Å². The van der Waals surface area contributed by atoms with E-state index in [0.717, 1.165) is 19.5 Å². The van der Waals surface area contributed by atoms with Crippen molar-refractivity contribution in [1.82, 2.24) is 5.32 Å². The number of rotatable bonds is 10. The lowest BCUT2D eigenvalue weighted by Gasteiger charge is -2.08. The van der Waals surface area contributed by atoms with Crippen LogP contribution in [0.25, 0.3) is 0 Å². The molecule has 14 heavy (non-hydrogen) atoms. The predicted molar refractivity (Wildman–Crippen MR) is 66.0 cm³/mol. The molecule has 3 heteroatoms. The largest absolute Gasteiger partial charge is 0.392 e. The molecule has 0 saturated carbocycles. The molecule has 0 aliphatic heterocycles. The molecule has 0 heterocycles. The van der Waals surface area contributed by atoms with Crippen LogP contribution in [0.5, 0.6) is 0 Å². The number of unbranched alkanes of at least 4 members (excludes halogenated alkanes) is 3. The molecule has 0 spiro atoms. The molecule has 0 aliphatic rings. The van der Waals surface area contributed by atoms with Crippen LogP contribution >= 0.6 is 11.8 Å². The number of thioether (sulfide) groups is 1. The minimum atomic E-state index is -0.161. The Morgan fingerprint density at radius 2 is 1.93 bits per heavy atom. The molecule has 0 radical (unpaired) electrons. The highest BCUT2D eigenvalue weighted by molar-refractivity contribution is 7.98. The van der Waals surface area contributed by atoms with Crippen molar-refractivity contribution in [3.05, 3.63) is 0 Å². The number of nitrogens with one attached hydrogen (secondary N) is 1. The summed E-state index contributed by atoms with van der Waals surface area (Å²) in [5.74, 6) is 1.29. The molecule has 0 aromatic carbocycles. The minimum absolute atomic E-state index is 0.161. The maximum Gasteiger partial charge on any atom is 0.0662 e. The van der Waals surface area contributed by atoms with Gasteiger partial charge in [0.15, 0.2) is 0 Å². The van der Waals surface area contributed by atoms with Crippen molar-refractivity contribution in [2.75, 3.05) is 25.1 Å². The Balaban J connectivity index is 2.92. The molecule has 0 amide bonds. The van der Waals surface area contributed by atoms with Gasteiger partial charge in [-0.25, -0.2) is 0 Å². The lowest BCUT2D eigenvalue weighted by atomic mass is 10.2. The Bertz CT molecular complexity index is 111. The van der Waals surface area contributed by atoms with Crippen molar-refractivity contribution in [2.24, 2.45) is 0 Å². The zero-order valence-electron chi connectivity index (χ0n) is 9.59. The number of aliphatic hydroxyl groups excluding tert-OH is 1. The number of hydrogen-bond acceptors (Lipinski definition) is 3. The van der Waals surface area contributed by atoms with Crippen LogP contribution < -0.4 is 5.32 Å². The summed E-state index contributed by atoms with van der Waals surface area (Å²) in [4.78, 5) is 0. The zero-order chi connectivity index (χ0) is 10.6. The third-order valence-electron chi connectivity index (χ3n) is 2.30. The topological polar surface area (TPSA) is 32.3 Å². The van der Waals surface area contributed by atoms with Crippen molar-refractivity contribution in [3.63, 3.8) is 0 Å². The first-order valence-electron chi connectivity index (χ1n) is 5.69. The van der Waals surface area contributed by atoms with E-state index in [1.54, 1.807) is 0 Å². The van der Waals surface area contributed by atoms with Crippen LogP contribution in [0.4, 0.5) is 0 Å². The quantitative estimate of drug-likeness (QED) is 0.553. The fourth-order valence-corrected chi connectivity index (χ4v) is 1.76. The van der Waals surface area contributed by atoms with Crippen molar-refractivity contribution in [1.29, 1.82) is 0 Å². The monoisotopic (exact) mass is 219 g/mol. The molecule has 2 N–H and O–H groups in total. The maximum absolute atomic E-state index is 9.27. The van der Waals surface area contributed by atoms with Gasteiger partial charge in [0.25, 0.3) is 0 Å². The number of aliphatic hydroxyl groups is 1. The second kappa shape index (κ2) is 11.3. The second-order valence-electron chi connectivity index (χ2n) is 3.67. The van der Waals surface area contributed by atoms with Gasteiger partial charge >= 0.3 is 0 Å².